The summed E-state index contributed by atoms with van der Waals surface area (Å²) in [7, 11) is -1.73. The number of halogens is 3. The zero-order chi connectivity index (χ0) is 12.1. The van der Waals surface area contributed by atoms with Crippen molar-refractivity contribution in [1.29, 1.82) is 0 Å². The Kier molecular flexibility index (Phi) is 14.3. The molecule has 0 bridgehead atoms. The normalized spacial score (nSPS) is 8.13. The highest BCUT2D eigenvalue weighted by Gasteiger charge is 2.06. The maximum Gasteiger partial charge on any atom is 0.762 e. The molecule has 0 saturated carbocycles. The number of rotatable bonds is 2. The van der Waals surface area contributed by atoms with E-state index in [1.165, 1.54) is 0 Å². The second-order valence-corrected chi connectivity index (χ2v) is 2.26. The summed E-state index contributed by atoms with van der Waals surface area (Å²) in [5.74, 6) is 0. The van der Waals surface area contributed by atoms with Gasteiger partial charge in [0.1, 0.15) is 0 Å². The summed E-state index contributed by atoms with van der Waals surface area (Å²) in [5.41, 5.74) is 0. The van der Waals surface area contributed by atoms with Gasteiger partial charge in [0.05, 0.1) is 6.33 Å². The van der Waals surface area contributed by atoms with Crippen molar-refractivity contribution in [3.63, 3.8) is 0 Å². The first-order valence-corrected chi connectivity index (χ1v) is 4.46. The Morgan fingerprint density at radius 1 is 1.27 bits per heavy atom. The minimum absolute atomic E-state index is 0.844. The number of hydrogen-bond donors (Lipinski definition) is 0. The summed E-state index contributed by atoms with van der Waals surface area (Å²) in [6.45, 7) is 5.67. The third kappa shape index (κ3) is 24.6. The zero-order valence-corrected chi connectivity index (χ0v) is 9.16. The molecule has 15 heavy (non-hydrogen) atoms. The van der Waals surface area contributed by atoms with Gasteiger partial charge in [0.25, 0.3) is 0 Å². The van der Waals surface area contributed by atoms with Crippen molar-refractivity contribution >= 4 is 7.54 Å². The van der Waals surface area contributed by atoms with Crippen molar-refractivity contribution in [2.75, 3.05) is 13.2 Å². The monoisotopic (exact) mass is 224 g/mol. The molecular weight excluding hydrogens is 208 g/mol. The predicted molar refractivity (Wildman–Crippen MR) is 54.5 cm³/mol. The average Bonchev–Trinajstić information content (AvgIpc) is 2.57. The molecule has 0 aliphatic heterocycles. The van der Waals surface area contributed by atoms with Crippen molar-refractivity contribution < 1.29 is 17.7 Å². The van der Waals surface area contributed by atoms with E-state index in [1.54, 1.807) is 12.5 Å². The third-order valence-electron chi connectivity index (χ3n) is 1.04. The molecule has 0 aromatic carbocycles. The first-order chi connectivity index (χ1) is 7.04. The van der Waals surface area contributed by atoms with Crippen LogP contribution >= 0.6 is 0 Å². The highest BCUT2D eigenvalue weighted by molar-refractivity contribution is 6.33. The fourth-order valence-corrected chi connectivity index (χ4v) is 0.530. The molecule has 1 rings (SSSR count). The van der Waals surface area contributed by atoms with Gasteiger partial charge >= 0.3 is 7.54 Å². The predicted octanol–water partition coefficient (Wildman–Crippen LogP) is 2.34. The van der Waals surface area contributed by atoms with Gasteiger partial charge in [-0.1, -0.05) is 0 Å². The summed E-state index contributed by atoms with van der Waals surface area (Å²) in [5, 5.41) is 0. The first kappa shape index (κ1) is 16.5. The molecule has 0 N–H and O–H groups in total. The second kappa shape index (κ2) is 13.0. The van der Waals surface area contributed by atoms with Crippen LogP contribution in [0.4, 0.5) is 12.9 Å². The summed E-state index contributed by atoms with van der Waals surface area (Å²) in [6.07, 6.45) is 5.39. The van der Waals surface area contributed by atoms with Gasteiger partial charge in [0.2, 0.25) is 0 Å². The fourth-order valence-electron chi connectivity index (χ4n) is 0.530. The highest BCUT2D eigenvalue weighted by atomic mass is 19.4. The van der Waals surface area contributed by atoms with Crippen LogP contribution in [0.25, 0.3) is 0 Å². The standard InChI is InChI=1S/C4H6N2.C4H10O.BF3/c1-6-3-2-5-4-6;1-3-5-4-2;2-1(3)4/h2-4H,1H3;3-4H2,1-2H3;. The summed E-state index contributed by atoms with van der Waals surface area (Å²) in [4.78, 5) is 3.78. The lowest BCUT2D eigenvalue weighted by molar-refractivity contribution is 0.162. The molecule has 0 amide bonds. The van der Waals surface area contributed by atoms with Crippen molar-refractivity contribution in [3.05, 3.63) is 18.7 Å². The van der Waals surface area contributed by atoms with E-state index in [2.05, 4.69) is 4.98 Å². The van der Waals surface area contributed by atoms with Gasteiger partial charge < -0.3 is 9.30 Å². The van der Waals surface area contributed by atoms with Gasteiger partial charge in [-0.3, -0.25) is 12.9 Å². The van der Waals surface area contributed by atoms with Crippen LogP contribution in [0.15, 0.2) is 18.7 Å². The third-order valence-corrected chi connectivity index (χ3v) is 1.04. The van der Waals surface area contributed by atoms with Crippen LogP contribution in [0.5, 0.6) is 0 Å². The minimum atomic E-state index is -3.67. The Bertz CT molecular complexity index is 193. The van der Waals surface area contributed by atoms with E-state index in [-0.39, 0.29) is 0 Å². The van der Waals surface area contributed by atoms with E-state index in [9.17, 15) is 12.9 Å². The molecule has 0 unspecified atom stereocenters. The van der Waals surface area contributed by atoms with Gasteiger partial charge in [-0.25, -0.2) is 4.98 Å². The topological polar surface area (TPSA) is 27.1 Å². The Hall–Kier alpha value is -0.975. The summed E-state index contributed by atoms with van der Waals surface area (Å²) in [6, 6.07) is 0. The number of hydrogen-bond acceptors (Lipinski definition) is 2. The molecule has 0 aliphatic carbocycles. The fraction of sp³-hybridized carbons (Fsp3) is 0.625. The lowest BCUT2D eigenvalue weighted by Crippen LogP contribution is -1.84. The second-order valence-electron chi connectivity index (χ2n) is 2.26. The van der Waals surface area contributed by atoms with E-state index < -0.39 is 7.54 Å². The van der Waals surface area contributed by atoms with Crippen molar-refractivity contribution in [1.82, 2.24) is 9.55 Å². The molecule has 0 radical (unpaired) electrons. The highest BCUT2D eigenvalue weighted by Crippen LogP contribution is 1.80. The Morgan fingerprint density at radius 3 is 1.80 bits per heavy atom. The van der Waals surface area contributed by atoms with Crippen molar-refractivity contribution in [2.24, 2.45) is 7.05 Å². The first-order valence-electron chi connectivity index (χ1n) is 4.46. The molecule has 88 valence electrons. The maximum atomic E-state index is 9.67. The van der Waals surface area contributed by atoms with Crippen LogP contribution < -0.4 is 0 Å². The van der Waals surface area contributed by atoms with E-state index in [0.717, 1.165) is 13.2 Å². The van der Waals surface area contributed by atoms with E-state index >= 15 is 0 Å². The number of nitrogens with zero attached hydrogens (tertiary/aromatic N) is 2. The smallest absolute Gasteiger partial charge is 0.382 e. The molecular formula is C8H16BF3N2O. The van der Waals surface area contributed by atoms with Crippen LogP contribution in [-0.2, 0) is 11.8 Å². The Labute approximate surface area is 88.5 Å². The van der Waals surface area contributed by atoms with Crippen LogP contribution in [0.2, 0.25) is 0 Å². The Morgan fingerprint density at radius 2 is 1.73 bits per heavy atom. The molecule has 0 fully saturated rings. The van der Waals surface area contributed by atoms with E-state index in [0.29, 0.717) is 0 Å². The molecule has 0 spiro atoms. The van der Waals surface area contributed by atoms with E-state index in [1.807, 2.05) is 31.7 Å². The largest absolute Gasteiger partial charge is 0.762 e. The lowest BCUT2D eigenvalue weighted by atomic mass is 10.5. The van der Waals surface area contributed by atoms with Crippen LogP contribution in [0.3, 0.4) is 0 Å². The van der Waals surface area contributed by atoms with Gasteiger partial charge in [0.15, 0.2) is 0 Å². The molecule has 7 heteroatoms. The van der Waals surface area contributed by atoms with Crippen LogP contribution in [0.1, 0.15) is 13.8 Å². The zero-order valence-electron chi connectivity index (χ0n) is 9.16. The van der Waals surface area contributed by atoms with E-state index in [4.69, 9.17) is 4.74 Å². The van der Waals surface area contributed by atoms with Gasteiger partial charge in [-0.15, -0.1) is 0 Å². The molecule has 1 aromatic rings. The lowest BCUT2D eigenvalue weighted by Gasteiger charge is -1.86. The maximum absolute atomic E-state index is 9.67. The van der Waals surface area contributed by atoms with Crippen LogP contribution in [0, 0.1) is 0 Å². The minimum Gasteiger partial charge on any atom is -0.382 e. The summed E-state index contributed by atoms with van der Waals surface area (Å²) < 4.78 is 35.7. The molecule has 0 atom stereocenters. The number of aromatic nitrogens is 2. The number of imidazole rings is 1. The van der Waals surface area contributed by atoms with Gasteiger partial charge in [-0.05, 0) is 13.8 Å². The Balaban J connectivity index is 0. The molecule has 3 nitrogen and oxygen atoms in total. The van der Waals surface area contributed by atoms with Crippen molar-refractivity contribution in [3.8, 4) is 0 Å². The molecule has 0 aliphatic rings. The number of ether oxygens (including phenoxy) is 1. The average molecular weight is 224 g/mol. The quantitative estimate of drug-likeness (QED) is 0.721. The summed E-state index contributed by atoms with van der Waals surface area (Å²) >= 11 is 0. The van der Waals surface area contributed by atoms with Crippen LogP contribution in [-0.4, -0.2) is 30.3 Å². The SMILES string of the molecule is CCOCC.Cn1ccnc1.FB(F)F. The van der Waals surface area contributed by atoms with Gasteiger partial charge in [-0.2, -0.15) is 0 Å². The molecule has 1 aromatic heterocycles. The molecule has 0 saturated heterocycles. The van der Waals surface area contributed by atoms with Gasteiger partial charge in [0, 0.05) is 32.7 Å². The molecule has 1 heterocycles. The number of aryl methyl sites for hydroxylation is 1. The van der Waals surface area contributed by atoms with Crippen molar-refractivity contribution in [2.45, 2.75) is 13.8 Å².